The van der Waals surface area contributed by atoms with Crippen LogP contribution in [0.3, 0.4) is 0 Å². The van der Waals surface area contributed by atoms with Gasteiger partial charge in [0.25, 0.3) is 0 Å². The summed E-state index contributed by atoms with van der Waals surface area (Å²) in [5, 5.41) is -0.114. The average Bonchev–Trinajstić information content (AvgIpc) is 2.91. The van der Waals surface area contributed by atoms with Crippen LogP contribution in [0.5, 0.6) is 0 Å². The zero-order valence-corrected chi connectivity index (χ0v) is 9.15. The molecule has 0 aliphatic heterocycles. The van der Waals surface area contributed by atoms with Crippen LogP contribution in [0.1, 0.15) is 38.5 Å². The van der Waals surface area contributed by atoms with Gasteiger partial charge in [-0.15, -0.1) is 0 Å². The summed E-state index contributed by atoms with van der Waals surface area (Å²) in [6.45, 7) is 3.93. The van der Waals surface area contributed by atoms with E-state index in [1.807, 2.05) is 0 Å². The molecule has 0 saturated heterocycles. The zero-order chi connectivity index (χ0) is 10.2. The Balaban J connectivity index is 1.98. The van der Waals surface area contributed by atoms with Crippen molar-refractivity contribution in [2.75, 3.05) is 0 Å². The first kappa shape index (κ1) is 10.2. The molecule has 1 unspecified atom stereocenters. The summed E-state index contributed by atoms with van der Waals surface area (Å²) in [7, 11) is -3.03. The van der Waals surface area contributed by atoms with Crippen molar-refractivity contribution in [2.24, 2.45) is 0 Å². The smallest absolute Gasteiger partial charge is 0.212 e. The van der Waals surface area contributed by atoms with Crippen LogP contribution in [0.2, 0.25) is 0 Å². The van der Waals surface area contributed by atoms with E-state index in [-0.39, 0.29) is 11.3 Å². The monoisotopic (exact) mass is 215 g/mol. The Bertz CT molecular complexity index is 330. The van der Waals surface area contributed by atoms with E-state index < -0.39 is 10.0 Å². The minimum Gasteiger partial charge on any atom is -0.212 e. The predicted molar refractivity (Wildman–Crippen MR) is 56.5 cm³/mol. The van der Waals surface area contributed by atoms with Gasteiger partial charge in [0.2, 0.25) is 10.0 Å². The van der Waals surface area contributed by atoms with Crippen LogP contribution in [0.4, 0.5) is 0 Å². The molecule has 2 aliphatic carbocycles. The van der Waals surface area contributed by atoms with Crippen molar-refractivity contribution >= 4 is 10.0 Å². The third-order valence-corrected chi connectivity index (χ3v) is 4.97. The van der Waals surface area contributed by atoms with Gasteiger partial charge >= 0.3 is 0 Å². The van der Waals surface area contributed by atoms with Crippen LogP contribution in [0, 0.1) is 0 Å². The maximum absolute atomic E-state index is 11.7. The van der Waals surface area contributed by atoms with Crippen LogP contribution in [0.15, 0.2) is 12.2 Å². The van der Waals surface area contributed by atoms with E-state index in [2.05, 4.69) is 11.3 Å². The lowest BCUT2D eigenvalue weighted by atomic mass is 9.92. The van der Waals surface area contributed by atoms with Crippen LogP contribution >= 0.6 is 0 Å². The van der Waals surface area contributed by atoms with E-state index in [9.17, 15) is 8.42 Å². The van der Waals surface area contributed by atoms with Crippen molar-refractivity contribution in [3.8, 4) is 0 Å². The first-order chi connectivity index (χ1) is 6.59. The molecule has 2 saturated carbocycles. The molecule has 3 nitrogen and oxygen atoms in total. The number of rotatable bonds is 3. The molecule has 2 fully saturated rings. The molecule has 2 aliphatic rings. The van der Waals surface area contributed by atoms with Gasteiger partial charge in [0, 0.05) is 6.04 Å². The van der Waals surface area contributed by atoms with Crippen LogP contribution < -0.4 is 4.72 Å². The van der Waals surface area contributed by atoms with E-state index in [4.69, 9.17) is 0 Å². The van der Waals surface area contributed by atoms with Crippen molar-refractivity contribution in [3.05, 3.63) is 12.2 Å². The van der Waals surface area contributed by atoms with Gasteiger partial charge in [-0.3, -0.25) is 0 Å². The summed E-state index contributed by atoms with van der Waals surface area (Å²) in [6, 6.07) is 0.00866. The Morgan fingerprint density at radius 3 is 2.50 bits per heavy atom. The lowest BCUT2D eigenvalue weighted by Gasteiger charge is -2.25. The van der Waals surface area contributed by atoms with Gasteiger partial charge in [0.05, 0.1) is 5.25 Å². The van der Waals surface area contributed by atoms with E-state index in [1.165, 1.54) is 0 Å². The van der Waals surface area contributed by atoms with Crippen LogP contribution in [-0.4, -0.2) is 19.7 Å². The maximum atomic E-state index is 11.7. The van der Waals surface area contributed by atoms with Crippen molar-refractivity contribution in [2.45, 2.75) is 49.8 Å². The Labute approximate surface area is 85.6 Å². The molecule has 0 aromatic heterocycles. The molecule has 1 atom stereocenters. The number of hydrogen-bond donors (Lipinski definition) is 1. The summed E-state index contributed by atoms with van der Waals surface area (Å²) in [4.78, 5) is 0. The van der Waals surface area contributed by atoms with Gasteiger partial charge in [-0.2, -0.15) is 0 Å². The quantitative estimate of drug-likeness (QED) is 0.726. The standard InChI is InChI=1S/C10H17NO2S/c1-8-4-2-3-5-10(8)11-14(12,13)9-6-7-9/h9-11H,1-7H2. The molecule has 0 aromatic rings. The maximum Gasteiger partial charge on any atom is 0.215 e. The first-order valence-corrected chi connectivity index (χ1v) is 6.83. The second kappa shape index (κ2) is 3.66. The fourth-order valence-corrected chi connectivity index (χ4v) is 3.52. The molecule has 0 radical (unpaired) electrons. The fraction of sp³-hybridized carbons (Fsp3) is 0.800. The number of sulfonamides is 1. The Kier molecular flexibility index (Phi) is 2.66. The molecule has 4 heteroatoms. The molecule has 14 heavy (non-hydrogen) atoms. The lowest BCUT2D eigenvalue weighted by molar-refractivity contribution is 0.494. The molecule has 0 heterocycles. The molecular weight excluding hydrogens is 198 g/mol. The van der Waals surface area contributed by atoms with Gasteiger partial charge < -0.3 is 0 Å². The van der Waals surface area contributed by atoms with Gasteiger partial charge in [0.1, 0.15) is 0 Å². The molecule has 0 spiro atoms. The second-order valence-corrected chi connectivity index (χ2v) is 6.31. The molecule has 0 amide bonds. The second-order valence-electron chi connectivity index (χ2n) is 4.32. The highest BCUT2D eigenvalue weighted by Gasteiger charge is 2.37. The first-order valence-electron chi connectivity index (χ1n) is 5.28. The van der Waals surface area contributed by atoms with Crippen molar-refractivity contribution in [1.82, 2.24) is 4.72 Å². The topological polar surface area (TPSA) is 46.2 Å². The highest BCUT2D eigenvalue weighted by atomic mass is 32.2. The molecule has 2 rings (SSSR count). The Hall–Kier alpha value is -0.350. The molecule has 80 valence electrons. The number of hydrogen-bond acceptors (Lipinski definition) is 2. The minimum absolute atomic E-state index is 0.00866. The van der Waals surface area contributed by atoms with E-state index in [1.54, 1.807) is 0 Å². The lowest BCUT2D eigenvalue weighted by Crippen LogP contribution is -2.39. The summed E-state index contributed by atoms with van der Waals surface area (Å²) in [5.41, 5.74) is 1.06. The van der Waals surface area contributed by atoms with E-state index >= 15 is 0 Å². The third-order valence-electron chi connectivity index (χ3n) is 3.00. The summed E-state index contributed by atoms with van der Waals surface area (Å²) >= 11 is 0. The molecule has 0 bridgehead atoms. The summed E-state index contributed by atoms with van der Waals surface area (Å²) in [5.74, 6) is 0. The SMILES string of the molecule is C=C1CCCCC1NS(=O)(=O)C1CC1. The predicted octanol–water partition coefficient (Wildman–Crippen LogP) is 1.57. The Morgan fingerprint density at radius 2 is 1.93 bits per heavy atom. The van der Waals surface area contributed by atoms with Crippen molar-refractivity contribution < 1.29 is 8.42 Å². The normalized spacial score (nSPS) is 29.1. The van der Waals surface area contributed by atoms with Crippen LogP contribution in [0.25, 0.3) is 0 Å². The van der Waals surface area contributed by atoms with E-state index in [0.29, 0.717) is 0 Å². The van der Waals surface area contributed by atoms with Gasteiger partial charge in [-0.05, 0) is 32.1 Å². The van der Waals surface area contributed by atoms with Crippen molar-refractivity contribution in [3.63, 3.8) is 0 Å². The third kappa shape index (κ3) is 2.17. The summed E-state index contributed by atoms with van der Waals surface area (Å²) in [6.07, 6.45) is 5.81. The minimum atomic E-state index is -3.03. The van der Waals surface area contributed by atoms with E-state index in [0.717, 1.165) is 44.1 Å². The van der Waals surface area contributed by atoms with Crippen molar-refractivity contribution in [1.29, 1.82) is 0 Å². The fourth-order valence-electron chi connectivity index (χ4n) is 1.89. The largest absolute Gasteiger partial charge is 0.215 e. The van der Waals surface area contributed by atoms with Gasteiger partial charge in [-0.1, -0.05) is 18.6 Å². The summed E-state index contributed by atoms with van der Waals surface area (Å²) < 4.78 is 26.1. The highest BCUT2D eigenvalue weighted by molar-refractivity contribution is 7.90. The molecular formula is C10H17NO2S. The van der Waals surface area contributed by atoms with Gasteiger partial charge in [-0.25, -0.2) is 13.1 Å². The average molecular weight is 215 g/mol. The zero-order valence-electron chi connectivity index (χ0n) is 8.33. The Morgan fingerprint density at radius 1 is 1.21 bits per heavy atom. The van der Waals surface area contributed by atoms with Crippen LogP contribution in [-0.2, 0) is 10.0 Å². The van der Waals surface area contributed by atoms with Gasteiger partial charge in [0.15, 0.2) is 0 Å². The molecule has 0 aromatic carbocycles. The highest BCUT2D eigenvalue weighted by Crippen LogP contribution is 2.30. The number of nitrogens with one attached hydrogen (secondary N) is 1. The molecule has 1 N–H and O–H groups in total.